The lowest BCUT2D eigenvalue weighted by Crippen LogP contribution is -2.42. The first-order valence-corrected chi connectivity index (χ1v) is 10.7. The van der Waals surface area contributed by atoms with E-state index in [1.165, 1.54) is 0 Å². The van der Waals surface area contributed by atoms with Gasteiger partial charge in [-0.2, -0.15) is 0 Å². The number of anilines is 1. The molecule has 0 aliphatic rings. The van der Waals surface area contributed by atoms with E-state index in [1.54, 1.807) is 48.2 Å². The summed E-state index contributed by atoms with van der Waals surface area (Å²) in [4.78, 5) is 25.9. The summed E-state index contributed by atoms with van der Waals surface area (Å²) < 4.78 is 5.02. The zero-order valence-electron chi connectivity index (χ0n) is 17.1. The number of hydrogen-bond donors (Lipinski definition) is 1. The number of amides is 1. The topological polar surface area (TPSA) is 58.6 Å². The molecule has 0 unspecified atom stereocenters. The molecule has 0 fully saturated rings. The molecule has 2 rings (SSSR count). The Kier molecular flexibility index (Phi) is 9.08. The molecule has 0 heterocycles. The van der Waals surface area contributed by atoms with Crippen LogP contribution >= 0.6 is 35.4 Å². The summed E-state index contributed by atoms with van der Waals surface area (Å²) in [5.41, 5.74) is 1.92. The zero-order valence-corrected chi connectivity index (χ0v) is 19.4. The quantitative estimate of drug-likeness (QED) is 0.423. The van der Waals surface area contributed by atoms with Gasteiger partial charge < -0.3 is 15.0 Å². The van der Waals surface area contributed by atoms with Crippen molar-refractivity contribution in [2.75, 3.05) is 11.5 Å². The third-order valence-corrected chi connectivity index (χ3v) is 5.03. The molecule has 0 bridgehead atoms. The number of benzene rings is 2. The Morgan fingerprint density at radius 2 is 1.80 bits per heavy atom. The van der Waals surface area contributed by atoms with Crippen molar-refractivity contribution in [3.8, 4) is 0 Å². The fraction of sp³-hybridized carbons (Fsp3) is 0.318. The zero-order chi connectivity index (χ0) is 22.3. The summed E-state index contributed by atoms with van der Waals surface area (Å²) in [5, 5.41) is 4.04. The van der Waals surface area contributed by atoms with E-state index in [0.29, 0.717) is 40.9 Å². The summed E-state index contributed by atoms with van der Waals surface area (Å²) in [7, 11) is 0. The molecule has 0 aliphatic carbocycles. The molecule has 0 spiro atoms. The highest BCUT2D eigenvalue weighted by molar-refractivity contribution is 7.80. The van der Waals surface area contributed by atoms with Gasteiger partial charge in [0.05, 0.1) is 18.7 Å². The minimum absolute atomic E-state index is 0.162. The van der Waals surface area contributed by atoms with E-state index in [2.05, 4.69) is 5.32 Å². The van der Waals surface area contributed by atoms with Crippen LogP contribution in [-0.4, -0.2) is 23.6 Å². The third-order valence-electron chi connectivity index (χ3n) is 4.12. The first kappa shape index (κ1) is 24.1. The maximum atomic E-state index is 12.2. The normalized spacial score (nSPS) is 10.6. The summed E-state index contributed by atoms with van der Waals surface area (Å²) in [6, 6.07) is 12.0. The number of carbonyl (C=O) groups is 2. The maximum absolute atomic E-state index is 12.2. The molecule has 0 saturated carbocycles. The Morgan fingerprint density at radius 1 is 1.13 bits per heavy atom. The van der Waals surface area contributed by atoms with Crippen LogP contribution in [0.4, 0.5) is 5.69 Å². The fourth-order valence-corrected chi connectivity index (χ4v) is 3.45. The van der Waals surface area contributed by atoms with E-state index in [1.807, 2.05) is 19.9 Å². The molecule has 160 valence electrons. The summed E-state index contributed by atoms with van der Waals surface area (Å²) in [5.74, 6) is -0.356. The van der Waals surface area contributed by atoms with Crippen LogP contribution < -0.4 is 10.2 Å². The monoisotopic (exact) mass is 466 g/mol. The van der Waals surface area contributed by atoms with E-state index in [9.17, 15) is 9.59 Å². The molecule has 0 atom stereocenters. The molecule has 2 aromatic rings. The first-order valence-electron chi connectivity index (χ1n) is 9.53. The van der Waals surface area contributed by atoms with Gasteiger partial charge in [-0.25, -0.2) is 4.79 Å². The van der Waals surface area contributed by atoms with Crippen molar-refractivity contribution < 1.29 is 14.3 Å². The number of esters is 1. The van der Waals surface area contributed by atoms with Crippen LogP contribution in [0.15, 0.2) is 42.5 Å². The summed E-state index contributed by atoms with van der Waals surface area (Å²) in [6.45, 7) is 6.29. The van der Waals surface area contributed by atoms with Crippen LogP contribution in [0.5, 0.6) is 0 Å². The van der Waals surface area contributed by atoms with Crippen LogP contribution in [0.1, 0.15) is 43.1 Å². The average Bonchev–Trinajstić information content (AvgIpc) is 2.67. The predicted molar refractivity (Wildman–Crippen MR) is 125 cm³/mol. The predicted octanol–water partition coefficient (Wildman–Crippen LogP) is 5.62. The molecule has 1 amide bonds. The Hall–Kier alpha value is -2.15. The van der Waals surface area contributed by atoms with Crippen molar-refractivity contribution in [1.82, 2.24) is 5.32 Å². The third kappa shape index (κ3) is 6.97. The molecule has 2 aromatic carbocycles. The van der Waals surface area contributed by atoms with Gasteiger partial charge in [0.15, 0.2) is 5.11 Å². The summed E-state index contributed by atoms with van der Waals surface area (Å²) in [6.07, 6.45) is 0.359. The van der Waals surface area contributed by atoms with E-state index >= 15 is 0 Å². The number of carbonyl (C=O) groups excluding carboxylic acids is 2. The maximum Gasteiger partial charge on any atom is 0.338 e. The molecule has 1 N–H and O–H groups in total. The average molecular weight is 467 g/mol. The molecule has 0 aromatic heterocycles. The lowest BCUT2D eigenvalue weighted by Gasteiger charge is -2.26. The molecule has 0 radical (unpaired) electrons. The number of halogens is 2. The minimum atomic E-state index is -0.399. The van der Waals surface area contributed by atoms with Crippen molar-refractivity contribution in [3.05, 3.63) is 63.6 Å². The van der Waals surface area contributed by atoms with E-state index in [4.69, 9.17) is 40.2 Å². The van der Waals surface area contributed by atoms with Crippen molar-refractivity contribution in [2.24, 2.45) is 5.92 Å². The number of nitrogens with one attached hydrogen (secondary N) is 1. The van der Waals surface area contributed by atoms with E-state index in [0.717, 1.165) is 5.56 Å². The van der Waals surface area contributed by atoms with E-state index in [-0.39, 0.29) is 16.9 Å². The standard InChI is InChI=1S/C22H24Cl2N2O3S/c1-4-29-21(28)15-6-9-18(10-7-15)26(22(30)25-20(27)11-14(2)3)13-16-5-8-17(23)12-19(16)24/h5-10,12,14H,4,11,13H2,1-3H3,(H,25,27,30). The van der Waals surface area contributed by atoms with Gasteiger partial charge in [0.1, 0.15) is 0 Å². The smallest absolute Gasteiger partial charge is 0.338 e. The van der Waals surface area contributed by atoms with Gasteiger partial charge >= 0.3 is 5.97 Å². The lowest BCUT2D eigenvalue weighted by atomic mass is 10.1. The number of thiocarbonyl (C=S) groups is 1. The number of rotatable bonds is 7. The Bertz CT molecular complexity index is 917. The van der Waals surface area contributed by atoms with Gasteiger partial charge in [-0.15, -0.1) is 0 Å². The molecule has 0 saturated heterocycles. The Labute approximate surface area is 192 Å². The molecule has 8 heteroatoms. The molecular weight excluding hydrogens is 443 g/mol. The van der Waals surface area contributed by atoms with Gasteiger partial charge in [-0.05, 0) is 67.0 Å². The van der Waals surface area contributed by atoms with Crippen molar-refractivity contribution in [1.29, 1.82) is 0 Å². The Balaban J connectivity index is 2.31. The lowest BCUT2D eigenvalue weighted by molar-refractivity contribution is -0.120. The van der Waals surface area contributed by atoms with Crippen LogP contribution in [0.2, 0.25) is 10.0 Å². The van der Waals surface area contributed by atoms with Crippen molar-refractivity contribution >= 4 is 58.1 Å². The van der Waals surface area contributed by atoms with Crippen LogP contribution in [0, 0.1) is 5.92 Å². The fourth-order valence-electron chi connectivity index (χ4n) is 2.70. The first-order chi connectivity index (χ1) is 14.2. The van der Waals surface area contributed by atoms with Gasteiger partial charge in [0.25, 0.3) is 0 Å². The van der Waals surface area contributed by atoms with Crippen molar-refractivity contribution in [3.63, 3.8) is 0 Å². The largest absolute Gasteiger partial charge is 0.462 e. The minimum Gasteiger partial charge on any atom is -0.462 e. The van der Waals surface area contributed by atoms with Gasteiger partial charge in [-0.1, -0.05) is 43.1 Å². The SMILES string of the molecule is CCOC(=O)c1ccc(N(Cc2ccc(Cl)cc2Cl)C(=S)NC(=O)CC(C)C)cc1. The molecular formula is C22H24Cl2N2O3S. The van der Waals surface area contributed by atoms with Crippen LogP contribution in [0.3, 0.4) is 0 Å². The Morgan fingerprint density at radius 3 is 2.37 bits per heavy atom. The number of ether oxygens (including phenoxy) is 1. The molecule has 5 nitrogen and oxygen atoms in total. The van der Waals surface area contributed by atoms with Gasteiger partial charge in [0.2, 0.25) is 5.91 Å². The second-order valence-corrected chi connectivity index (χ2v) is 8.27. The van der Waals surface area contributed by atoms with Crippen LogP contribution in [0.25, 0.3) is 0 Å². The number of hydrogen-bond acceptors (Lipinski definition) is 4. The molecule has 0 aliphatic heterocycles. The van der Waals surface area contributed by atoms with Gasteiger partial charge in [0, 0.05) is 22.2 Å². The highest BCUT2D eigenvalue weighted by Gasteiger charge is 2.18. The highest BCUT2D eigenvalue weighted by Crippen LogP contribution is 2.25. The second-order valence-electron chi connectivity index (χ2n) is 7.04. The van der Waals surface area contributed by atoms with Gasteiger partial charge in [-0.3, -0.25) is 4.79 Å². The second kappa shape index (κ2) is 11.3. The summed E-state index contributed by atoms with van der Waals surface area (Å²) >= 11 is 17.9. The van der Waals surface area contributed by atoms with Crippen LogP contribution in [-0.2, 0) is 16.1 Å². The van der Waals surface area contributed by atoms with E-state index < -0.39 is 5.97 Å². The van der Waals surface area contributed by atoms with Crippen molar-refractivity contribution in [2.45, 2.75) is 33.7 Å². The highest BCUT2D eigenvalue weighted by atomic mass is 35.5. The number of nitrogens with zero attached hydrogens (tertiary/aromatic N) is 1. The molecule has 30 heavy (non-hydrogen) atoms.